The second-order valence-corrected chi connectivity index (χ2v) is 9.99. The Morgan fingerprint density at radius 1 is 1.09 bits per heavy atom. The van der Waals surface area contributed by atoms with E-state index in [0.717, 1.165) is 28.9 Å². The molecule has 4 rings (SSSR count). The molecule has 0 spiro atoms. The van der Waals surface area contributed by atoms with Crippen LogP contribution in [0.4, 0.5) is 4.39 Å². The average molecular weight is 475 g/mol. The minimum absolute atomic E-state index is 0.0813. The van der Waals surface area contributed by atoms with Crippen LogP contribution in [0.1, 0.15) is 49.7 Å². The lowest BCUT2D eigenvalue weighted by molar-refractivity contribution is -0.151. The molecule has 0 aromatic heterocycles. The molecule has 0 atom stereocenters. The van der Waals surface area contributed by atoms with Crippen LogP contribution in [-0.4, -0.2) is 42.3 Å². The summed E-state index contributed by atoms with van der Waals surface area (Å²) in [5.74, 6) is -0.00477. The van der Waals surface area contributed by atoms with E-state index in [1.165, 1.54) is 17.8 Å². The predicted molar refractivity (Wildman–Crippen MR) is 125 cm³/mol. The molecule has 2 N–H and O–H groups in total. The number of ether oxygens (including phenoxy) is 2. The van der Waals surface area contributed by atoms with E-state index in [-0.39, 0.29) is 19.0 Å². The minimum Gasteiger partial charge on any atom is -0.491 e. The maximum atomic E-state index is 14.4. The number of rotatable bonds is 10. The van der Waals surface area contributed by atoms with Crippen LogP contribution in [0, 0.1) is 11.7 Å². The molecular weight excluding hydrogens is 443 g/mol. The predicted octanol–water partition coefficient (Wildman–Crippen LogP) is 5.14. The quantitative estimate of drug-likeness (QED) is 0.465. The van der Waals surface area contributed by atoms with Crippen molar-refractivity contribution in [2.24, 2.45) is 5.92 Å². The van der Waals surface area contributed by atoms with Gasteiger partial charge in [0, 0.05) is 4.90 Å². The van der Waals surface area contributed by atoms with E-state index < -0.39 is 17.0 Å². The van der Waals surface area contributed by atoms with Crippen molar-refractivity contribution in [1.82, 2.24) is 0 Å². The Kier molecular flexibility index (Phi) is 7.31. The highest BCUT2D eigenvalue weighted by Gasteiger charge is 2.50. The molecule has 2 aliphatic rings. The molecule has 5 nitrogen and oxygen atoms in total. The lowest BCUT2D eigenvalue weighted by Gasteiger charge is -2.45. The number of carbonyl (C=O) groups is 1. The van der Waals surface area contributed by atoms with Crippen LogP contribution in [0.25, 0.3) is 0 Å². The third-order valence-corrected chi connectivity index (χ3v) is 7.72. The first-order valence-electron chi connectivity index (χ1n) is 11.5. The van der Waals surface area contributed by atoms with Crippen molar-refractivity contribution in [3.63, 3.8) is 0 Å². The summed E-state index contributed by atoms with van der Waals surface area (Å²) in [7, 11) is 0. The van der Waals surface area contributed by atoms with Gasteiger partial charge in [0.05, 0.1) is 24.2 Å². The Balaban J connectivity index is 1.61. The highest BCUT2D eigenvalue weighted by molar-refractivity contribution is 7.98. The van der Waals surface area contributed by atoms with E-state index in [1.807, 2.05) is 12.3 Å². The number of hydrogen-bond acceptors (Lipinski definition) is 5. The number of carboxylic acid groups (broad SMARTS) is 1. The first kappa shape index (κ1) is 24.0. The van der Waals surface area contributed by atoms with Crippen LogP contribution in [-0.2, 0) is 20.5 Å². The van der Waals surface area contributed by atoms with Gasteiger partial charge in [-0.1, -0.05) is 12.1 Å². The van der Waals surface area contributed by atoms with Crippen molar-refractivity contribution < 1.29 is 28.9 Å². The van der Waals surface area contributed by atoms with Gasteiger partial charge >= 0.3 is 5.97 Å². The van der Waals surface area contributed by atoms with Crippen molar-refractivity contribution in [2.45, 2.75) is 54.4 Å². The van der Waals surface area contributed by atoms with Gasteiger partial charge < -0.3 is 19.7 Å². The lowest BCUT2D eigenvalue weighted by Crippen LogP contribution is -2.46. The zero-order valence-corrected chi connectivity index (χ0v) is 19.7. The molecule has 0 amide bonds. The Hall–Kier alpha value is -2.09. The SMILES string of the molecule is CSc1cc(F)cc(C2(OCC3CC3)CCC(C(=O)O)(c3ccc(OCCO)cc3)CC2)c1. The van der Waals surface area contributed by atoms with Crippen molar-refractivity contribution in [3.8, 4) is 5.75 Å². The monoisotopic (exact) mass is 474 g/mol. The fraction of sp³-hybridized carbons (Fsp3) is 0.500. The summed E-state index contributed by atoms with van der Waals surface area (Å²) in [6.45, 7) is 0.736. The Morgan fingerprint density at radius 3 is 2.36 bits per heavy atom. The molecule has 0 bridgehead atoms. The summed E-state index contributed by atoms with van der Waals surface area (Å²) in [5, 5.41) is 19.2. The van der Waals surface area contributed by atoms with Crippen molar-refractivity contribution in [3.05, 3.63) is 59.4 Å². The number of aliphatic hydroxyl groups is 1. The summed E-state index contributed by atoms with van der Waals surface area (Å²) >= 11 is 1.49. The summed E-state index contributed by atoms with van der Waals surface area (Å²) in [5.41, 5.74) is -0.180. The summed E-state index contributed by atoms with van der Waals surface area (Å²) in [6, 6.07) is 12.2. The van der Waals surface area contributed by atoms with Crippen LogP contribution < -0.4 is 4.74 Å². The average Bonchev–Trinajstić information content (AvgIpc) is 3.66. The second kappa shape index (κ2) is 10.0. The smallest absolute Gasteiger partial charge is 0.314 e. The van der Waals surface area contributed by atoms with Crippen LogP contribution >= 0.6 is 11.8 Å². The number of hydrogen-bond donors (Lipinski definition) is 2. The van der Waals surface area contributed by atoms with Gasteiger partial charge in [0.15, 0.2) is 0 Å². The molecule has 178 valence electrons. The van der Waals surface area contributed by atoms with Crippen molar-refractivity contribution >= 4 is 17.7 Å². The van der Waals surface area contributed by atoms with E-state index in [9.17, 15) is 14.3 Å². The van der Waals surface area contributed by atoms with E-state index in [2.05, 4.69) is 0 Å². The fourth-order valence-corrected chi connectivity index (χ4v) is 5.24. The van der Waals surface area contributed by atoms with Gasteiger partial charge in [-0.3, -0.25) is 4.79 Å². The van der Waals surface area contributed by atoms with Gasteiger partial charge in [-0.2, -0.15) is 0 Å². The van der Waals surface area contributed by atoms with E-state index >= 15 is 0 Å². The van der Waals surface area contributed by atoms with Crippen LogP contribution in [0.3, 0.4) is 0 Å². The van der Waals surface area contributed by atoms with Gasteiger partial charge in [0.1, 0.15) is 18.2 Å². The molecule has 2 aromatic carbocycles. The van der Waals surface area contributed by atoms with Gasteiger partial charge in [-0.05, 0) is 92.2 Å². The number of halogens is 1. The van der Waals surface area contributed by atoms with Gasteiger partial charge in [0.2, 0.25) is 0 Å². The molecule has 2 aliphatic carbocycles. The number of thioether (sulfide) groups is 1. The van der Waals surface area contributed by atoms with Gasteiger partial charge in [0.25, 0.3) is 0 Å². The molecule has 33 heavy (non-hydrogen) atoms. The van der Waals surface area contributed by atoms with Crippen molar-refractivity contribution in [2.75, 3.05) is 26.1 Å². The molecule has 2 aromatic rings. The topological polar surface area (TPSA) is 76.0 Å². The number of aliphatic hydroxyl groups excluding tert-OH is 1. The third-order valence-electron chi connectivity index (χ3n) is 7.01. The lowest BCUT2D eigenvalue weighted by atomic mass is 9.63. The highest BCUT2D eigenvalue weighted by Crippen LogP contribution is 2.50. The molecule has 0 heterocycles. The highest BCUT2D eigenvalue weighted by atomic mass is 32.2. The largest absolute Gasteiger partial charge is 0.491 e. The van der Waals surface area contributed by atoms with E-state index in [1.54, 1.807) is 30.3 Å². The van der Waals surface area contributed by atoms with Crippen molar-refractivity contribution in [1.29, 1.82) is 0 Å². The standard InChI is InChI=1S/C26H31FO5S/c1-33-23-15-20(14-21(27)16-23)26(32-17-18-2-3-18)10-8-25(9-11-26,24(29)30)19-4-6-22(7-5-19)31-13-12-28/h4-7,14-16,18,28H,2-3,8-13,17H2,1H3,(H,29,30). The Bertz CT molecular complexity index is 965. The molecule has 0 saturated heterocycles. The molecule has 2 fully saturated rings. The summed E-state index contributed by atoms with van der Waals surface area (Å²) < 4.78 is 26.3. The first-order chi connectivity index (χ1) is 15.9. The van der Waals surface area contributed by atoms with Crippen LogP contribution in [0.15, 0.2) is 47.4 Å². The second-order valence-electron chi connectivity index (χ2n) is 9.11. The third kappa shape index (κ3) is 5.20. The minimum atomic E-state index is -1.03. The summed E-state index contributed by atoms with van der Waals surface area (Å²) in [4.78, 5) is 13.4. The van der Waals surface area contributed by atoms with E-state index in [4.69, 9.17) is 14.6 Å². The maximum absolute atomic E-state index is 14.4. The van der Waals surface area contributed by atoms with Crippen LogP contribution in [0.5, 0.6) is 5.75 Å². The normalized spacial score (nSPS) is 25.1. The van der Waals surface area contributed by atoms with Crippen LogP contribution in [0.2, 0.25) is 0 Å². The number of benzene rings is 2. The van der Waals surface area contributed by atoms with E-state index in [0.29, 0.717) is 44.0 Å². The molecule has 0 aliphatic heterocycles. The fourth-order valence-electron chi connectivity index (χ4n) is 4.76. The zero-order chi connectivity index (χ0) is 23.5. The molecule has 0 unspecified atom stereocenters. The number of aliphatic carboxylic acids is 1. The molecular formula is C26H31FO5S. The number of carboxylic acids is 1. The maximum Gasteiger partial charge on any atom is 0.314 e. The molecule has 2 saturated carbocycles. The molecule has 7 heteroatoms. The zero-order valence-electron chi connectivity index (χ0n) is 18.9. The summed E-state index contributed by atoms with van der Waals surface area (Å²) in [6.07, 6.45) is 6.03. The first-order valence-corrected chi connectivity index (χ1v) is 12.7. The van der Waals surface area contributed by atoms with Gasteiger partial charge in [-0.25, -0.2) is 4.39 Å². The molecule has 0 radical (unpaired) electrons. The Morgan fingerprint density at radius 2 is 1.79 bits per heavy atom. The van der Waals surface area contributed by atoms with Gasteiger partial charge in [-0.15, -0.1) is 11.8 Å². The Labute approximate surface area is 198 Å².